The van der Waals surface area contributed by atoms with Crippen molar-refractivity contribution in [1.29, 1.82) is 0 Å². The fourth-order valence-corrected chi connectivity index (χ4v) is 3.39. The number of carbonyl (C=O) groups excluding carboxylic acids is 1. The topological polar surface area (TPSA) is 41.6 Å². The first-order valence-corrected chi connectivity index (χ1v) is 7.55. The molecule has 0 amide bonds. The second kappa shape index (κ2) is 5.80. The Morgan fingerprint density at radius 3 is 2.58 bits per heavy atom. The van der Waals surface area contributed by atoms with Crippen molar-refractivity contribution in [1.82, 2.24) is 10.2 Å². The maximum absolute atomic E-state index is 12.0. The van der Waals surface area contributed by atoms with E-state index in [1.165, 1.54) is 26.5 Å². The Morgan fingerprint density at radius 1 is 1.42 bits per heavy atom. The molecule has 2 fully saturated rings. The molecule has 0 aromatic carbocycles. The predicted octanol–water partition coefficient (Wildman–Crippen LogP) is 1.79. The van der Waals surface area contributed by atoms with Crippen LogP contribution in [0.15, 0.2) is 0 Å². The van der Waals surface area contributed by atoms with Gasteiger partial charge in [0.15, 0.2) is 0 Å². The number of likely N-dealkylation sites (N-methyl/N-ethyl adjacent to an activating group) is 1. The molecule has 0 heterocycles. The first kappa shape index (κ1) is 14.8. The van der Waals surface area contributed by atoms with E-state index in [1.54, 1.807) is 0 Å². The summed E-state index contributed by atoms with van der Waals surface area (Å²) in [6, 6.07) is 1.06. The Bertz CT molecular complexity index is 328. The van der Waals surface area contributed by atoms with E-state index in [-0.39, 0.29) is 5.97 Å². The van der Waals surface area contributed by atoms with E-state index in [2.05, 4.69) is 24.1 Å². The summed E-state index contributed by atoms with van der Waals surface area (Å²) < 4.78 is 4.99. The maximum Gasteiger partial charge on any atom is 0.326 e. The van der Waals surface area contributed by atoms with Crippen molar-refractivity contribution in [2.75, 3.05) is 20.7 Å². The van der Waals surface area contributed by atoms with Gasteiger partial charge in [-0.05, 0) is 58.9 Å². The molecule has 0 radical (unpaired) electrons. The lowest BCUT2D eigenvalue weighted by Gasteiger charge is -2.34. The van der Waals surface area contributed by atoms with Gasteiger partial charge < -0.3 is 10.1 Å². The van der Waals surface area contributed by atoms with Crippen LogP contribution in [-0.2, 0) is 9.53 Å². The van der Waals surface area contributed by atoms with Gasteiger partial charge in [-0.25, -0.2) is 0 Å². The van der Waals surface area contributed by atoms with Gasteiger partial charge >= 0.3 is 5.97 Å². The first-order chi connectivity index (χ1) is 9.02. The van der Waals surface area contributed by atoms with Gasteiger partial charge in [-0.3, -0.25) is 9.69 Å². The second-order valence-corrected chi connectivity index (χ2v) is 6.45. The van der Waals surface area contributed by atoms with Crippen molar-refractivity contribution >= 4 is 5.97 Å². The molecule has 19 heavy (non-hydrogen) atoms. The summed E-state index contributed by atoms with van der Waals surface area (Å²) in [5.74, 6) is 0.790. The van der Waals surface area contributed by atoms with E-state index >= 15 is 0 Å². The van der Waals surface area contributed by atoms with E-state index in [0.29, 0.717) is 12.1 Å². The molecule has 4 nitrogen and oxygen atoms in total. The number of ether oxygens (including phenoxy) is 1. The molecule has 0 spiro atoms. The number of nitrogens with one attached hydrogen (secondary N) is 1. The molecule has 4 heteroatoms. The number of carbonyl (C=O) groups is 1. The zero-order chi connectivity index (χ0) is 14.0. The van der Waals surface area contributed by atoms with E-state index in [4.69, 9.17) is 4.74 Å². The highest BCUT2D eigenvalue weighted by molar-refractivity contribution is 5.81. The van der Waals surface area contributed by atoms with E-state index in [9.17, 15) is 4.79 Å². The van der Waals surface area contributed by atoms with Gasteiger partial charge in [0.25, 0.3) is 0 Å². The molecule has 2 aliphatic rings. The molecule has 1 N–H and O–H groups in total. The van der Waals surface area contributed by atoms with Gasteiger partial charge in [0.2, 0.25) is 0 Å². The minimum Gasteiger partial charge on any atom is -0.468 e. The molecule has 110 valence electrons. The predicted molar refractivity (Wildman–Crippen MR) is 76.0 cm³/mol. The standard InChI is InChI=1S/C15H28N2O2/c1-11(2)17(10-12-5-6-12)13-7-8-15(9-13,16-3)14(18)19-4/h11-13,16H,5-10H2,1-4H3. The molecule has 2 atom stereocenters. The van der Waals surface area contributed by atoms with Crippen molar-refractivity contribution in [2.45, 2.75) is 63.6 Å². The van der Waals surface area contributed by atoms with Crippen molar-refractivity contribution in [3.63, 3.8) is 0 Å². The Labute approximate surface area is 116 Å². The zero-order valence-corrected chi connectivity index (χ0v) is 12.7. The quantitative estimate of drug-likeness (QED) is 0.746. The van der Waals surface area contributed by atoms with Crippen LogP contribution in [0.1, 0.15) is 46.0 Å². The lowest BCUT2D eigenvalue weighted by atomic mass is 9.97. The molecule has 2 aliphatic carbocycles. The molecular weight excluding hydrogens is 240 g/mol. The molecule has 0 bridgehead atoms. The fraction of sp³-hybridized carbons (Fsp3) is 0.933. The van der Waals surface area contributed by atoms with E-state index < -0.39 is 5.54 Å². The van der Waals surface area contributed by atoms with Crippen LogP contribution in [-0.4, -0.2) is 49.2 Å². The summed E-state index contributed by atoms with van der Waals surface area (Å²) in [6.07, 6.45) is 5.60. The number of hydrogen-bond acceptors (Lipinski definition) is 4. The Kier molecular flexibility index (Phi) is 4.51. The average molecular weight is 268 g/mol. The molecule has 0 aromatic heterocycles. The Balaban J connectivity index is 2.03. The summed E-state index contributed by atoms with van der Waals surface area (Å²) in [5, 5.41) is 3.22. The van der Waals surface area contributed by atoms with Crippen molar-refractivity contribution in [3.8, 4) is 0 Å². The van der Waals surface area contributed by atoms with Crippen LogP contribution in [0, 0.1) is 5.92 Å². The maximum atomic E-state index is 12.0. The van der Waals surface area contributed by atoms with Gasteiger partial charge in [-0.1, -0.05) is 0 Å². The summed E-state index contributed by atoms with van der Waals surface area (Å²) in [4.78, 5) is 14.6. The van der Waals surface area contributed by atoms with Gasteiger partial charge in [-0.15, -0.1) is 0 Å². The summed E-state index contributed by atoms with van der Waals surface area (Å²) >= 11 is 0. The third-order valence-corrected chi connectivity index (χ3v) is 4.84. The molecule has 2 rings (SSSR count). The number of esters is 1. The molecule has 2 unspecified atom stereocenters. The third kappa shape index (κ3) is 3.11. The van der Waals surface area contributed by atoms with Crippen molar-refractivity contribution in [3.05, 3.63) is 0 Å². The first-order valence-electron chi connectivity index (χ1n) is 7.55. The molecule has 0 aromatic rings. The number of nitrogens with zero attached hydrogens (tertiary/aromatic N) is 1. The zero-order valence-electron chi connectivity index (χ0n) is 12.7. The average Bonchev–Trinajstić information content (AvgIpc) is 3.12. The highest BCUT2D eigenvalue weighted by atomic mass is 16.5. The lowest BCUT2D eigenvalue weighted by molar-refractivity contribution is -0.148. The fourth-order valence-electron chi connectivity index (χ4n) is 3.39. The van der Waals surface area contributed by atoms with Gasteiger partial charge in [0.1, 0.15) is 5.54 Å². The normalized spacial score (nSPS) is 31.2. The van der Waals surface area contributed by atoms with Crippen LogP contribution < -0.4 is 5.32 Å². The highest BCUT2D eigenvalue weighted by Crippen LogP contribution is 2.37. The van der Waals surface area contributed by atoms with E-state index in [1.807, 2.05) is 7.05 Å². The molecule has 0 saturated heterocycles. The smallest absolute Gasteiger partial charge is 0.326 e. The minimum absolute atomic E-state index is 0.104. The second-order valence-electron chi connectivity index (χ2n) is 6.45. The number of methoxy groups -OCH3 is 1. The van der Waals surface area contributed by atoms with Gasteiger partial charge in [0.05, 0.1) is 7.11 Å². The number of rotatable bonds is 6. The highest BCUT2D eigenvalue weighted by Gasteiger charge is 2.47. The monoisotopic (exact) mass is 268 g/mol. The van der Waals surface area contributed by atoms with E-state index in [0.717, 1.165) is 25.2 Å². The lowest BCUT2D eigenvalue weighted by Crippen LogP contribution is -2.51. The van der Waals surface area contributed by atoms with Crippen LogP contribution in [0.4, 0.5) is 0 Å². The number of hydrogen-bond donors (Lipinski definition) is 1. The minimum atomic E-state index is -0.462. The van der Waals surface area contributed by atoms with Gasteiger partial charge in [0, 0.05) is 18.6 Å². The van der Waals surface area contributed by atoms with Crippen LogP contribution in [0.5, 0.6) is 0 Å². The van der Waals surface area contributed by atoms with Crippen LogP contribution in [0.2, 0.25) is 0 Å². The van der Waals surface area contributed by atoms with Crippen molar-refractivity contribution in [2.24, 2.45) is 5.92 Å². The van der Waals surface area contributed by atoms with Crippen LogP contribution in [0.25, 0.3) is 0 Å². The summed E-state index contributed by atoms with van der Waals surface area (Å²) in [5.41, 5.74) is -0.462. The Hall–Kier alpha value is -0.610. The van der Waals surface area contributed by atoms with Crippen molar-refractivity contribution < 1.29 is 9.53 Å². The molecule has 2 saturated carbocycles. The molecule has 0 aliphatic heterocycles. The van der Waals surface area contributed by atoms with Gasteiger partial charge in [-0.2, -0.15) is 0 Å². The molecular formula is C15H28N2O2. The third-order valence-electron chi connectivity index (χ3n) is 4.84. The SMILES string of the molecule is CNC1(C(=O)OC)CCC(N(CC2CC2)C(C)C)C1. The van der Waals surface area contributed by atoms with Crippen LogP contribution in [0.3, 0.4) is 0 Å². The largest absolute Gasteiger partial charge is 0.468 e. The summed E-state index contributed by atoms with van der Waals surface area (Å²) in [7, 11) is 3.36. The Morgan fingerprint density at radius 2 is 2.11 bits per heavy atom. The van der Waals surface area contributed by atoms with Crippen LogP contribution >= 0.6 is 0 Å². The summed E-state index contributed by atoms with van der Waals surface area (Å²) in [6.45, 7) is 5.73.